The molecule has 0 unspecified atom stereocenters. The van der Waals surface area contributed by atoms with Crippen LogP contribution in [-0.2, 0) is 4.79 Å². The van der Waals surface area contributed by atoms with E-state index in [0.29, 0.717) is 6.42 Å². The molecular weight excluding hydrogens is 226 g/mol. The van der Waals surface area contributed by atoms with Crippen molar-refractivity contribution in [3.63, 3.8) is 0 Å². The average Bonchev–Trinajstić information content (AvgIpc) is 2.38. The van der Waals surface area contributed by atoms with Crippen molar-refractivity contribution in [3.8, 4) is 0 Å². The SMILES string of the molecule is N[C@@H]1CCCN(CCC(=O)Nc2ccccc2)C1. The van der Waals surface area contributed by atoms with Crippen LogP contribution in [-0.4, -0.2) is 36.5 Å². The van der Waals surface area contributed by atoms with Crippen LogP contribution in [0.4, 0.5) is 5.69 Å². The number of hydrogen-bond acceptors (Lipinski definition) is 3. The highest BCUT2D eigenvalue weighted by Gasteiger charge is 2.16. The number of carbonyl (C=O) groups is 1. The molecule has 0 spiro atoms. The van der Waals surface area contributed by atoms with E-state index in [-0.39, 0.29) is 11.9 Å². The fourth-order valence-electron chi connectivity index (χ4n) is 2.30. The summed E-state index contributed by atoms with van der Waals surface area (Å²) in [6, 6.07) is 9.84. The summed E-state index contributed by atoms with van der Waals surface area (Å²) in [4.78, 5) is 14.0. The first kappa shape index (κ1) is 13.1. The molecular formula is C14H21N3O. The molecule has 1 aliphatic heterocycles. The van der Waals surface area contributed by atoms with Gasteiger partial charge in [-0.25, -0.2) is 0 Å². The largest absolute Gasteiger partial charge is 0.327 e. The molecule has 18 heavy (non-hydrogen) atoms. The first-order valence-electron chi connectivity index (χ1n) is 6.57. The normalized spacial score (nSPS) is 20.6. The summed E-state index contributed by atoms with van der Waals surface area (Å²) in [5.74, 6) is 0.0698. The summed E-state index contributed by atoms with van der Waals surface area (Å²) in [5.41, 5.74) is 6.77. The van der Waals surface area contributed by atoms with Gasteiger partial charge in [0.25, 0.3) is 0 Å². The molecule has 1 atom stereocenters. The molecule has 1 aromatic rings. The number of piperidine rings is 1. The van der Waals surface area contributed by atoms with Gasteiger partial charge in [0.2, 0.25) is 5.91 Å². The third-order valence-corrected chi connectivity index (χ3v) is 3.25. The van der Waals surface area contributed by atoms with E-state index in [1.807, 2.05) is 30.3 Å². The van der Waals surface area contributed by atoms with Crippen LogP contribution >= 0.6 is 0 Å². The van der Waals surface area contributed by atoms with Gasteiger partial charge in [-0.15, -0.1) is 0 Å². The third kappa shape index (κ3) is 4.13. The highest BCUT2D eigenvalue weighted by Crippen LogP contribution is 2.09. The molecule has 1 amide bonds. The van der Waals surface area contributed by atoms with E-state index in [9.17, 15) is 4.79 Å². The second-order valence-corrected chi connectivity index (χ2v) is 4.87. The third-order valence-electron chi connectivity index (χ3n) is 3.25. The van der Waals surface area contributed by atoms with Gasteiger partial charge in [0.05, 0.1) is 0 Å². The summed E-state index contributed by atoms with van der Waals surface area (Å²) < 4.78 is 0. The number of rotatable bonds is 4. The predicted molar refractivity (Wildman–Crippen MR) is 73.3 cm³/mol. The minimum Gasteiger partial charge on any atom is -0.327 e. The molecule has 0 saturated carbocycles. The molecule has 1 aromatic carbocycles. The van der Waals surface area contributed by atoms with Gasteiger partial charge in [0, 0.05) is 31.2 Å². The smallest absolute Gasteiger partial charge is 0.225 e. The van der Waals surface area contributed by atoms with Crippen molar-refractivity contribution in [2.24, 2.45) is 5.73 Å². The zero-order valence-electron chi connectivity index (χ0n) is 10.6. The van der Waals surface area contributed by atoms with Crippen molar-refractivity contribution in [1.82, 2.24) is 4.90 Å². The highest BCUT2D eigenvalue weighted by molar-refractivity contribution is 5.90. The topological polar surface area (TPSA) is 58.4 Å². The van der Waals surface area contributed by atoms with Crippen molar-refractivity contribution in [2.45, 2.75) is 25.3 Å². The Kier molecular flexibility index (Phi) is 4.73. The quantitative estimate of drug-likeness (QED) is 0.846. The minimum absolute atomic E-state index is 0.0698. The van der Waals surface area contributed by atoms with E-state index in [2.05, 4.69) is 10.2 Å². The van der Waals surface area contributed by atoms with Crippen molar-refractivity contribution < 1.29 is 4.79 Å². The first-order chi connectivity index (χ1) is 8.74. The monoisotopic (exact) mass is 247 g/mol. The van der Waals surface area contributed by atoms with E-state index in [1.165, 1.54) is 0 Å². The van der Waals surface area contributed by atoms with E-state index in [4.69, 9.17) is 5.73 Å². The molecule has 0 aliphatic carbocycles. The van der Waals surface area contributed by atoms with E-state index in [1.54, 1.807) is 0 Å². The molecule has 98 valence electrons. The van der Waals surface area contributed by atoms with Gasteiger partial charge in [-0.3, -0.25) is 4.79 Å². The molecule has 1 fully saturated rings. The molecule has 4 nitrogen and oxygen atoms in total. The van der Waals surface area contributed by atoms with Crippen molar-refractivity contribution in [2.75, 3.05) is 25.0 Å². The van der Waals surface area contributed by atoms with Crippen LogP contribution in [0.5, 0.6) is 0 Å². The Morgan fingerprint density at radius 2 is 2.17 bits per heavy atom. The lowest BCUT2D eigenvalue weighted by molar-refractivity contribution is -0.116. The fraction of sp³-hybridized carbons (Fsp3) is 0.500. The zero-order valence-corrected chi connectivity index (χ0v) is 10.6. The van der Waals surface area contributed by atoms with Crippen LogP contribution in [0.1, 0.15) is 19.3 Å². The van der Waals surface area contributed by atoms with Crippen LogP contribution in [0.3, 0.4) is 0 Å². The molecule has 1 saturated heterocycles. The lowest BCUT2D eigenvalue weighted by atomic mass is 10.1. The van der Waals surface area contributed by atoms with Crippen LogP contribution < -0.4 is 11.1 Å². The first-order valence-corrected chi connectivity index (χ1v) is 6.57. The Morgan fingerprint density at radius 1 is 1.39 bits per heavy atom. The molecule has 2 rings (SSSR count). The van der Waals surface area contributed by atoms with Gasteiger partial charge in [-0.05, 0) is 31.5 Å². The number of amides is 1. The maximum Gasteiger partial charge on any atom is 0.225 e. The summed E-state index contributed by atoms with van der Waals surface area (Å²) >= 11 is 0. The molecule has 0 bridgehead atoms. The zero-order chi connectivity index (χ0) is 12.8. The van der Waals surface area contributed by atoms with Gasteiger partial charge in [0.15, 0.2) is 0 Å². The Labute approximate surface area is 108 Å². The Morgan fingerprint density at radius 3 is 2.89 bits per heavy atom. The molecule has 3 N–H and O–H groups in total. The van der Waals surface area contributed by atoms with Gasteiger partial charge in [0.1, 0.15) is 0 Å². The van der Waals surface area contributed by atoms with E-state index >= 15 is 0 Å². The summed E-state index contributed by atoms with van der Waals surface area (Å²) in [6.45, 7) is 2.78. The Balaban J connectivity index is 1.71. The number of hydrogen-bond donors (Lipinski definition) is 2. The summed E-state index contributed by atoms with van der Waals surface area (Å²) in [7, 11) is 0. The van der Waals surface area contributed by atoms with E-state index in [0.717, 1.165) is 38.2 Å². The van der Waals surface area contributed by atoms with Crippen LogP contribution in [0.2, 0.25) is 0 Å². The fourth-order valence-corrected chi connectivity index (χ4v) is 2.30. The number of para-hydroxylation sites is 1. The van der Waals surface area contributed by atoms with Gasteiger partial charge in [-0.2, -0.15) is 0 Å². The van der Waals surface area contributed by atoms with Crippen LogP contribution in [0, 0.1) is 0 Å². The second-order valence-electron chi connectivity index (χ2n) is 4.87. The van der Waals surface area contributed by atoms with Gasteiger partial charge >= 0.3 is 0 Å². The Bertz CT molecular complexity index is 380. The second kappa shape index (κ2) is 6.52. The molecule has 1 heterocycles. The predicted octanol–water partition coefficient (Wildman–Crippen LogP) is 1.44. The summed E-state index contributed by atoms with van der Waals surface area (Å²) in [6.07, 6.45) is 2.77. The van der Waals surface area contributed by atoms with Crippen molar-refractivity contribution in [1.29, 1.82) is 0 Å². The molecule has 0 radical (unpaired) electrons. The van der Waals surface area contributed by atoms with E-state index < -0.39 is 0 Å². The number of carbonyl (C=O) groups excluding carboxylic acids is 1. The summed E-state index contributed by atoms with van der Waals surface area (Å²) in [5, 5.41) is 2.90. The van der Waals surface area contributed by atoms with Crippen LogP contribution in [0.25, 0.3) is 0 Å². The molecule has 4 heteroatoms. The lowest BCUT2D eigenvalue weighted by Gasteiger charge is -2.30. The number of likely N-dealkylation sites (tertiary alicyclic amines) is 1. The molecule has 0 aromatic heterocycles. The van der Waals surface area contributed by atoms with Crippen LogP contribution in [0.15, 0.2) is 30.3 Å². The number of anilines is 1. The minimum atomic E-state index is 0.0698. The number of nitrogens with one attached hydrogen (secondary N) is 1. The number of benzene rings is 1. The number of nitrogens with two attached hydrogens (primary N) is 1. The maximum absolute atomic E-state index is 11.8. The standard InChI is InChI=1S/C14H21N3O/c15-12-5-4-9-17(11-12)10-8-14(18)16-13-6-2-1-3-7-13/h1-3,6-7,12H,4-5,8-11,15H2,(H,16,18)/t12-/m1/s1. The lowest BCUT2D eigenvalue weighted by Crippen LogP contribution is -2.43. The van der Waals surface area contributed by atoms with Crippen molar-refractivity contribution in [3.05, 3.63) is 30.3 Å². The van der Waals surface area contributed by atoms with Gasteiger partial charge < -0.3 is 16.0 Å². The Hall–Kier alpha value is -1.39. The maximum atomic E-state index is 11.8. The molecule has 1 aliphatic rings. The highest BCUT2D eigenvalue weighted by atomic mass is 16.1. The average molecular weight is 247 g/mol. The number of nitrogens with zero attached hydrogens (tertiary/aromatic N) is 1. The van der Waals surface area contributed by atoms with Gasteiger partial charge in [-0.1, -0.05) is 18.2 Å². The van der Waals surface area contributed by atoms with Crippen molar-refractivity contribution >= 4 is 11.6 Å².